The molecule has 0 saturated heterocycles. The van der Waals surface area contributed by atoms with Crippen LogP contribution < -0.4 is 9.47 Å². The van der Waals surface area contributed by atoms with E-state index in [1.54, 1.807) is 6.92 Å². The Kier molecular flexibility index (Phi) is 6.70. The minimum absolute atomic E-state index is 0.0559. The van der Waals surface area contributed by atoms with E-state index in [2.05, 4.69) is 15.9 Å². The molecule has 0 radical (unpaired) electrons. The molecule has 0 heterocycles. The van der Waals surface area contributed by atoms with Crippen molar-refractivity contribution in [2.75, 3.05) is 13.2 Å². The lowest BCUT2D eigenvalue weighted by Gasteiger charge is -2.14. The standard InChI is InChI=1S/C18H17BrF4O2/c1-3-5-8-25-13-9-11(19)14(18(23)17(13)22)10-6-7-12(24-4-2)16(21)15(10)20/h6-7,9H,3-5,8H2,1-2H3. The van der Waals surface area contributed by atoms with Gasteiger partial charge >= 0.3 is 0 Å². The summed E-state index contributed by atoms with van der Waals surface area (Å²) in [6, 6.07) is 3.52. The Morgan fingerprint density at radius 1 is 0.880 bits per heavy atom. The van der Waals surface area contributed by atoms with E-state index in [0.29, 0.717) is 6.42 Å². The lowest BCUT2D eigenvalue weighted by Crippen LogP contribution is -2.04. The van der Waals surface area contributed by atoms with Crippen LogP contribution in [0.15, 0.2) is 22.7 Å². The summed E-state index contributed by atoms with van der Waals surface area (Å²) in [7, 11) is 0. The normalized spacial score (nSPS) is 10.8. The first-order valence-corrected chi connectivity index (χ1v) is 8.63. The molecule has 0 atom stereocenters. The average molecular weight is 421 g/mol. The molecule has 0 fully saturated rings. The van der Waals surface area contributed by atoms with Crippen LogP contribution in [-0.2, 0) is 0 Å². The van der Waals surface area contributed by atoms with Gasteiger partial charge in [0.2, 0.25) is 11.6 Å². The average Bonchev–Trinajstić information content (AvgIpc) is 2.58. The molecule has 0 aliphatic rings. The van der Waals surface area contributed by atoms with E-state index in [-0.39, 0.29) is 29.2 Å². The first-order valence-electron chi connectivity index (χ1n) is 7.83. The van der Waals surface area contributed by atoms with Crippen LogP contribution in [-0.4, -0.2) is 13.2 Å². The summed E-state index contributed by atoms with van der Waals surface area (Å²) in [5, 5.41) is 0. The molecule has 0 aliphatic heterocycles. The van der Waals surface area contributed by atoms with Crippen molar-refractivity contribution in [1.82, 2.24) is 0 Å². The summed E-state index contributed by atoms with van der Waals surface area (Å²) in [5.74, 6) is -5.71. The minimum Gasteiger partial charge on any atom is -0.491 e. The maximum atomic E-state index is 14.5. The topological polar surface area (TPSA) is 18.5 Å². The van der Waals surface area contributed by atoms with Crippen molar-refractivity contribution in [2.24, 2.45) is 0 Å². The van der Waals surface area contributed by atoms with Crippen LogP contribution in [0.4, 0.5) is 17.6 Å². The number of halogens is 5. The quantitative estimate of drug-likeness (QED) is 0.299. The van der Waals surface area contributed by atoms with Crippen molar-refractivity contribution in [2.45, 2.75) is 26.7 Å². The lowest BCUT2D eigenvalue weighted by molar-refractivity contribution is 0.288. The molecule has 25 heavy (non-hydrogen) atoms. The van der Waals surface area contributed by atoms with E-state index in [1.807, 2.05) is 6.92 Å². The number of ether oxygens (including phenoxy) is 2. The third-order valence-electron chi connectivity index (χ3n) is 3.50. The second-order valence-corrected chi connectivity index (χ2v) is 6.09. The molecule has 0 saturated carbocycles. The fourth-order valence-electron chi connectivity index (χ4n) is 2.24. The molecular weight excluding hydrogens is 404 g/mol. The van der Waals surface area contributed by atoms with Crippen molar-refractivity contribution in [3.8, 4) is 22.6 Å². The SMILES string of the molecule is CCCCOc1cc(Br)c(-c2ccc(OCC)c(F)c2F)c(F)c1F. The van der Waals surface area contributed by atoms with E-state index < -0.39 is 34.4 Å². The maximum Gasteiger partial charge on any atom is 0.201 e. The lowest BCUT2D eigenvalue weighted by atomic mass is 10.0. The number of hydrogen-bond donors (Lipinski definition) is 0. The smallest absolute Gasteiger partial charge is 0.201 e. The molecule has 0 unspecified atom stereocenters. The van der Waals surface area contributed by atoms with E-state index >= 15 is 0 Å². The van der Waals surface area contributed by atoms with Gasteiger partial charge in [-0.25, -0.2) is 8.78 Å². The molecule has 2 nitrogen and oxygen atoms in total. The highest BCUT2D eigenvalue weighted by molar-refractivity contribution is 9.10. The van der Waals surface area contributed by atoms with Crippen LogP contribution in [0.3, 0.4) is 0 Å². The van der Waals surface area contributed by atoms with Crippen molar-refractivity contribution in [3.05, 3.63) is 45.9 Å². The van der Waals surface area contributed by atoms with Crippen LogP contribution in [0.5, 0.6) is 11.5 Å². The van der Waals surface area contributed by atoms with Gasteiger partial charge in [0.25, 0.3) is 0 Å². The molecule has 0 bridgehead atoms. The number of rotatable bonds is 7. The van der Waals surface area contributed by atoms with Crippen molar-refractivity contribution < 1.29 is 27.0 Å². The number of benzene rings is 2. The zero-order valence-electron chi connectivity index (χ0n) is 13.8. The van der Waals surface area contributed by atoms with Crippen molar-refractivity contribution in [1.29, 1.82) is 0 Å². The molecule has 0 N–H and O–H groups in total. The predicted molar refractivity (Wildman–Crippen MR) is 91.0 cm³/mol. The first kappa shape index (κ1) is 19.6. The van der Waals surface area contributed by atoms with Gasteiger partial charge in [-0.15, -0.1) is 0 Å². The molecular formula is C18H17BrF4O2. The van der Waals surface area contributed by atoms with Gasteiger partial charge in [0.15, 0.2) is 23.1 Å². The fraction of sp³-hybridized carbons (Fsp3) is 0.333. The Hall–Kier alpha value is -1.76. The molecule has 0 aliphatic carbocycles. The Labute approximate surface area is 151 Å². The summed E-state index contributed by atoms with van der Waals surface area (Å²) in [6.45, 7) is 3.92. The summed E-state index contributed by atoms with van der Waals surface area (Å²) in [4.78, 5) is 0. The van der Waals surface area contributed by atoms with Gasteiger partial charge in [-0.3, -0.25) is 0 Å². The summed E-state index contributed by atoms with van der Waals surface area (Å²) in [5.41, 5.74) is -0.830. The Morgan fingerprint density at radius 2 is 1.56 bits per heavy atom. The summed E-state index contributed by atoms with van der Waals surface area (Å²) in [6.07, 6.45) is 1.51. The molecule has 0 spiro atoms. The zero-order chi connectivity index (χ0) is 18.6. The van der Waals surface area contributed by atoms with Crippen LogP contribution in [0.25, 0.3) is 11.1 Å². The number of unbranched alkanes of at least 4 members (excludes halogenated alkanes) is 1. The van der Waals surface area contributed by atoms with E-state index in [9.17, 15) is 17.6 Å². The Bertz CT molecular complexity index is 765. The highest BCUT2D eigenvalue weighted by atomic mass is 79.9. The molecule has 0 amide bonds. The minimum atomic E-state index is -1.32. The second-order valence-electron chi connectivity index (χ2n) is 5.23. The maximum absolute atomic E-state index is 14.5. The van der Waals surface area contributed by atoms with Crippen LogP contribution in [0.1, 0.15) is 26.7 Å². The molecule has 2 aromatic carbocycles. The van der Waals surface area contributed by atoms with Gasteiger partial charge in [-0.2, -0.15) is 8.78 Å². The van der Waals surface area contributed by atoms with Crippen molar-refractivity contribution in [3.63, 3.8) is 0 Å². The Morgan fingerprint density at radius 3 is 2.20 bits per heavy atom. The highest BCUT2D eigenvalue weighted by Gasteiger charge is 2.24. The van der Waals surface area contributed by atoms with E-state index in [1.165, 1.54) is 12.1 Å². The van der Waals surface area contributed by atoms with Gasteiger partial charge in [0.1, 0.15) is 0 Å². The molecule has 136 valence electrons. The zero-order valence-corrected chi connectivity index (χ0v) is 15.4. The van der Waals surface area contributed by atoms with E-state index in [4.69, 9.17) is 9.47 Å². The third-order valence-corrected chi connectivity index (χ3v) is 4.12. The molecule has 7 heteroatoms. The van der Waals surface area contributed by atoms with Crippen LogP contribution in [0.2, 0.25) is 0 Å². The van der Waals surface area contributed by atoms with Crippen molar-refractivity contribution >= 4 is 15.9 Å². The Balaban J connectivity index is 2.50. The van der Waals surface area contributed by atoms with Gasteiger partial charge in [-0.1, -0.05) is 13.3 Å². The second kappa shape index (κ2) is 8.56. The van der Waals surface area contributed by atoms with Gasteiger partial charge < -0.3 is 9.47 Å². The number of hydrogen-bond acceptors (Lipinski definition) is 2. The van der Waals surface area contributed by atoms with Gasteiger partial charge in [0.05, 0.1) is 13.2 Å². The molecule has 2 rings (SSSR count). The highest BCUT2D eigenvalue weighted by Crippen LogP contribution is 2.39. The third kappa shape index (κ3) is 4.08. The molecule has 2 aromatic rings. The summed E-state index contributed by atoms with van der Waals surface area (Å²) < 4.78 is 67.3. The van der Waals surface area contributed by atoms with Crippen LogP contribution in [0, 0.1) is 23.3 Å². The van der Waals surface area contributed by atoms with E-state index in [0.717, 1.165) is 12.5 Å². The molecule has 0 aromatic heterocycles. The monoisotopic (exact) mass is 420 g/mol. The first-order chi connectivity index (χ1) is 11.9. The van der Waals surface area contributed by atoms with Gasteiger partial charge in [-0.05, 0) is 47.5 Å². The fourth-order valence-corrected chi connectivity index (χ4v) is 2.84. The largest absolute Gasteiger partial charge is 0.491 e. The summed E-state index contributed by atoms with van der Waals surface area (Å²) >= 11 is 3.08. The van der Waals surface area contributed by atoms with Crippen LogP contribution >= 0.6 is 15.9 Å². The van der Waals surface area contributed by atoms with Gasteiger partial charge in [0, 0.05) is 15.6 Å². The predicted octanol–water partition coefficient (Wildman–Crippen LogP) is 6.25.